The molecule has 30 heavy (non-hydrogen) atoms. The van der Waals surface area contributed by atoms with Crippen molar-refractivity contribution in [3.8, 4) is 0 Å². The molecule has 0 atom stereocenters. The van der Waals surface area contributed by atoms with Crippen LogP contribution in [0.15, 0.2) is 64.8 Å². The average Bonchev–Trinajstić information content (AvgIpc) is 3.10. The quantitative estimate of drug-likeness (QED) is 0.272. The maximum Gasteiger partial charge on any atom is 0.191 e. The molecule has 2 aromatic carbocycles. The second-order valence-corrected chi connectivity index (χ2v) is 8.83. The summed E-state index contributed by atoms with van der Waals surface area (Å²) in [7, 11) is 1.88. The first-order chi connectivity index (χ1) is 14.5. The molecule has 0 amide bonds. The number of rotatable bonds is 7. The largest absolute Gasteiger partial charge is 0.308 e. The van der Waals surface area contributed by atoms with E-state index in [1.165, 1.54) is 36.0 Å². The van der Waals surface area contributed by atoms with Gasteiger partial charge in [0.1, 0.15) is 11.6 Å². The molecule has 0 N–H and O–H groups in total. The lowest BCUT2D eigenvalue weighted by atomic mass is 10.1. The Labute approximate surface area is 186 Å². The van der Waals surface area contributed by atoms with E-state index < -0.39 is 0 Å². The second kappa shape index (κ2) is 9.16. The number of carbonyl (C=O) groups excluding carboxylic acids is 1. The minimum Gasteiger partial charge on any atom is -0.308 e. The molecule has 152 valence electrons. The maximum absolute atomic E-state index is 13.0. The zero-order chi connectivity index (χ0) is 21.1. The molecule has 2 heterocycles. The number of fused-ring (bicyclic) bond motifs is 1. The van der Waals surface area contributed by atoms with Crippen LogP contribution in [0, 0.1) is 5.82 Å². The highest BCUT2D eigenvalue weighted by molar-refractivity contribution is 7.99. The number of carbonyl (C=O) groups is 1. The Bertz CT molecular complexity index is 1210. The monoisotopic (exact) mass is 458 g/mol. The minimum atomic E-state index is -0.361. The Morgan fingerprint density at radius 2 is 1.90 bits per heavy atom. The van der Waals surface area contributed by atoms with E-state index in [0.717, 1.165) is 21.6 Å². The van der Waals surface area contributed by atoms with Gasteiger partial charge in [-0.2, -0.15) is 0 Å². The number of aromatic nitrogens is 4. The standard InChI is InChI=1S/C21H16ClFN4OS2/c1-27-20(12-29-19-8-9-24-17-10-14(22)4-7-16(17)19)25-26-21(27)30-11-18(28)13-2-5-15(23)6-3-13/h2-10H,11-12H2,1H3. The molecule has 0 spiro atoms. The van der Waals surface area contributed by atoms with Crippen LogP contribution in [0.2, 0.25) is 5.02 Å². The first kappa shape index (κ1) is 20.8. The molecule has 0 bridgehead atoms. The number of ketones is 1. The van der Waals surface area contributed by atoms with E-state index in [0.29, 0.717) is 21.5 Å². The molecule has 0 saturated heterocycles. The van der Waals surface area contributed by atoms with Crippen molar-refractivity contribution in [1.29, 1.82) is 0 Å². The van der Waals surface area contributed by atoms with Crippen molar-refractivity contribution in [2.75, 3.05) is 5.75 Å². The summed E-state index contributed by atoms with van der Waals surface area (Å²) >= 11 is 9.01. The molecule has 0 fully saturated rings. The van der Waals surface area contributed by atoms with E-state index in [1.807, 2.05) is 35.9 Å². The van der Waals surface area contributed by atoms with Crippen LogP contribution in [0.25, 0.3) is 10.9 Å². The summed E-state index contributed by atoms with van der Waals surface area (Å²) < 4.78 is 14.9. The van der Waals surface area contributed by atoms with Crippen molar-refractivity contribution in [1.82, 2.24) is 19.7 Å². The van der Waals surface area contributed by atoms with Gasteiger partial charge in [-0.05, 0) is 42.5 Å². The Balaban J connectivity index is 1.41. The molecule has 0 aliphatic carbocycles. The summed E-state index contributed by atoms with van der Waals surface area (Å²) in [6.07, 6.45) is 1.76. The highest BCUT2D eigenvalue weighted by Crippen LogP contribution is 2.30. The van der Waals surface area contributed by atoms with E-state index in [9.17, 15) is 9.18 Å². The third-order valence-corrected chi connectivity index (χ3v) is 6.77. The molecule has 4 aromatic rings. The predicted molar refractivity (Wildman–Crippen MR) is 119 cm³/mol. The van der Waals surface area contributed by atoms with Crippen LogP contribution in [0.1, 0.15) is 16.2 Å². The van der Waals surface area contributed by atoms with Crippen LogP contribution in [-0.4, -0.2) is 31.3 Å². The minimum absolute atomic E-state index is 0.0826. The fraction of sp³-hybridized carbons (Fsp3) is 0.143. The van der Waals surface area contributed by atoms with Gasteiger partial charge < -0.3 is 4.57 Å². The molecule has 0 unspecified atom stereocenters. The number of Topliss-reactive ketones (excluding diaryl/α,β-unsaturated/α-hetero) is 1. The smallest absolute Gasteiger partial charge is 0.191 e. The molecule has 0 aliphatic rings. The molecule has 0 aliphatic heterocycles. The molecule has 2 aromatic heterocycles. The SMILES string of the molecule is Cn1c(CSc2ccnc3cc(Cl)ccc23)nnc1SCC(=O)c1ccc(F)cc1. The van der Waals surface area contributed by atoms with E-state index in [2.05, 4.69) is 15.2 Å². The highest BCUT2D eigenvalue weighted by Gasteiger charge is 2.14. The summed E-state index contributed by atoms with van der Waals surface area (Å²) in [6, 6.07) is 13.2. The third kappa shape index (κ3) is 4.66. The molecular weight excluding hydrogens is 443 g/mol. The summed E-state index contributed by atoms with van der Waals surface area (Å²) in [6.45, 7) is 0. The van der Waals surface area contributed by atoms with E-state index >= 15 is 0 Å². The van der Waals surface area contributed by atoms with Gasteiger partial charge in [-0.25, -0.2) is 4.39 Å². The lowest BCUT2D eigenvalue weighted by molar-refractivity contribution is 0.102. The van der Waals surface area contributed by atoms with E-state index in [1.54, 1.807) is 18.0 Å². The first-order valence-electron chi connectivity index (χ1n) is 8.98. The normalized spacial score (nSPS) is 11.2. The zero-order valence-electron chi connectivity index (χ0n) is 15.9. The lowest BCUT2D eigenvalue weighted by Crippen LogP contribution is -2.04. The van der Waals surface area contributed by atoms with Gasteiger partial charge in [0.15, 0.2) is 10.9 Å². The van der Waals surface area contributed by atoms with Crippen LogP contribution in [0.3, 0.4) is 0 Å². The topological polar surface area (TPSA) is 60.7 Å². The maximum atomic E-state index is 13.0. The summed E-state index contributed by atoms with van der Waals surface area (Å²) in [5, 5.41) is 10.8. The summed E-state index contributed by atoms with van der Waals surface area (Å²) in [5.41, 5.74) is 1.33. The van der Waals surface area contributed by atoms with Crippen molar-refractivity contribution in [3.63, 3.8) is 0 Å². The Hall–Kier alpha value is -2.42. The third-order valence-electron chi connectivity index (χ3n) is 4.45. The summed E-state index contributed by atoms with van der Waals surface area (Å²) in [5.74, 6) is 1.19. The Morgan fingerprint density at radius 1 is 1.10 bits per heavy atom. The van der Waals surface area contributed by atoms with E-state index in [-0.39, 0.29) is 17.4 Å². The Kier molecular flexibility index (Phi) is 6.36. The predicted octanol–water partition coefficient (Wildman–Crippen LogP) is 5.42. The summed E-state index contributed by atoms with van der Waals surface area (Å²) in [4.78, 5) is 17.7. The van der Waals surface area contributed by atoms with Gasteiger partial charge in [0, 0.05) is 34.1 Å². The van der Waals surface area contributed by atoms with Crippen molar-refractivity contribution < 1.29 is 9.18 Å². The highest BCUT2D eigenvalue weighted by atomic mass is 35.5. The number of benzene rings is 2. The van der Waals surface area contributed by atoms with Gasteiger partial charge in [0.25, 0.3) is 0 Å². The Morgan fingerprint density at radius 3 is 2.70 bits per heavy atom. The van der Waals surface area contributed by atoms with Gasteiger partial charge in [-0.15, -0.1) is 22.0 Å². The lowest BCUT2D eigenvalue weighted by Gasteiger charge is -2.07. The number of nitrogens with zero attached hydrogens (tertiary/aromatic N) is 4. The van der Waals surface area contributed by atoms with Gasteiger partial charge in [0.2, 0.25) is 0 Å². The number of hydrogen-bond donors (Lipinski definition) is 0. The van der Waals surface area contributed by atoms with Crippen molar-refractivity contribution >= 4 is 51.8 Å². The molecular formula is C21H16ClFN4OS2. The van der Waals surface area contributed by atoms with Crippen molar-refractivity contribution in [3.05, 3.63) is 77.0 Å². The van der Waals surface area contributed by atoms with Crippen LogP contribution < -0.4 is 0 Å². The van der Waals surface area contributed by atoms with E-state index in [4.69, 9.17) is 11.6 Å². The molecule has 5 nitrogen and oxygen atoms in total. The number of halogens is 2. The molecule has 9 heteroatoms. The average molecular weight is 459 g/mol. The number of pyridine rings is 1. The number of thioether (sulfide) groups is 2. The fourth-order valence-electron chi connectivity index (χ4n) is 2.81. The van der Waals surface area contributed by atoms with Gasteiger partial charge >= 0.3 is 0 Å². The fourth-order valence-corrected chi connectivity index (χ4v) is 4.82. The van der Waals surface area contributed by atoms with Crippen LogP contribution in [-0.2, 0) is 12.8 Å². The van der Waals surface area contributed by atoms with Crippen LogP contribution >= 0.6 is 35.1 Å². The zero-order valence-corrected chi connectivity index (χ0v) is 18.3. The first-order valence-corrected chi connectivity index (χ1v) is 11.3. The van der Waals surface area contributed by atoms with Crippen LogP contribution in [0.5, 0.6) is 0 Å². The molecule has 4 rings (SSSR count). The number of hydrogen-bond acceptors (Lipinski definition) is 6. The molecule has 0 radical (unpaired) electrons. The molecule has 0 saturated carbocycles. The second-order valence-electron chi connectivity index (χ2n) is 6.44. The van der Waals surface area contributed by atoms with Crippen molar-refractivity contribution in [2.24, 2.45) is 7.05 Å². The van der Waals surface area contributed by atoms with Gasteiger partial charge in [-0.3, -0.25) is 9.78 Å². The van der Waals surface area contributed by atoms with Crippen molar-refractivity contribution in [2.45, 2.75) is 15.8 Å². The van der Waals surface area contributed by atoms with Gasteiger partial charge in [-0.1, -0.05) is 29.4 Å². The van der Waals surface area contributed by atoms with Gasteiger partial charge in [0.05, 0.1) is 17.0 Å². The van der Waals surface area contributed by atoms with Crippen LogP contribution in [0.4, 0.5) is 4.39 Å².